The van der Waals surface area contributed by atoms with Crippen molar-refractivity contribution in [2.75, 3.05) is 51.8 Å². The highest BCUT2D eigenvalue weighted by molar-refractivity contribution is 5.97. The number of hydrogen-bond acceptors (Lipinski definition) is 8. The molecule has 10 nitrogen and oxygen atoms in total. The summed E-state index contributed by atoms with van der Waals surface area (Å²) in [6, 6.07) is 1.17. The first kappa shape index (κ1) is 32.2. The zero-order valence-corrected chi connectivity index (χ0v) is 23.3. The van der Waals surface area contributed by atoms with Gasteiger partial charge in [0.05, 0.1) is 23.4 Å². The maximum Gasteiger partial charge on any atom is 0.417 e. The molecule has 1 fully saturated rings. The number of rotatable bonds is 9. The number of aldehydes is 1. The average Bonchev–Trinajstić information content (AvgIpc) is 2.86. The predicted molar refractivity (Wildman–Crippen MR) is 139 cm³/mol. The van der Waals surface area contributed by atoms with E-state index in [0.29, 0.717) is 31.7 Å². The summed E-state index contributed by atoms with van der Waals surface area (Å²) < 4.78 is 53.7. The lowest BCUT2D eigenvalue weighted by Crippen LogP contribution is -2.51. The van der Waals surface area contributed by atoms with Crippen LogP contribution in [0.1, 0.15) is 56.5 Å². The molecule has 0 bridgehead atoms. The number of hydrogen-bond donors (Lipinski definition) is 2. The van der Waals surface area contributed by atoms with Gasteiger partial charge in [-0.1, -0.05) is 0 Å². The highest BCUT2D eigenvalue weighted by Gasteiger charge is 2.40. The van der Waals surface area contributed by atoms with E-state index in [1.54, 1.807) is 27.8 Å². The molecule has 1 aromatic rings. The number of likely N-dealkylation sites (tertiary alicyclic amines) is 1. The number of nitrogens with zero attached hydrogens (tertiary/aromatic N) is 3. The van der Waals surface area contributed by atoms with Gasteiger partial charge in [-0.3, -0.25) is 9.59 Å². The van der Waals surface area contributed by atoms with Crippen LogP contribution < -0.4 is 15.4 Å². The third-order valence-corrected chi connectivity index (χ3v) is 6.33. The minimum absolute atomic E-state index is 0.0887. The number of ether oxygens (including phenoxy) is 2. The number of piperidine rings is 1. The lowest BCUT2D eigenvalue weighted by molar-refractivity contribution is -0.138. The van der Waals surface area contributed by atoms with E-state index in [9.17, 15) is 32.7 Å². The molecule has 13 heteroatoms. The van der Waals surface area contributed by atoms with Crippen molar-refractivity contribution in [1.29, 1.82) is 0 Å². The third-order valence-electron chi connectivity index (χ3n) is 6.33. The zero-order valence-electron chi connectivity index (χ0n) is 23.3. The van der Waals surface area contributed by atoms with E-state index in [1.165, 1.54) is 28.7 Å². The molecule has 0 spiro atoms. The van der Waals surface area contributed by atoms with Crippen LogP contribution >= 0.6 is 0 Å². The number of carbonyl (C=O) groups excluding carboxylic acids is 3. The van der Waals surface area contributed by atoms with Gasteiger partial charge in [-0.2, -0.15) is 13.2 Å². The Morgan fingerprint density at radius 2 is 1.85 bits per heavy atom. The molecule has 0 aliphatic carbocycles. The van der Waals surface area contributed by atoms with Gasteiger partial charge in [0, 0.05) is 46.3 Å². The summed E-state index contributed by atoms with van der Waals surface area (Å²) in [5.41, 5.74) is 1.31. The van der Waals surface area contributed by atoms with Crippen molar-refractivity contribution in [3.05, 3.63) is 23.3 Å². The van der Waals surface area contributed by atoms with Gasteiger partial charge >= 0.3 is 12.3 Å². The smallest absolute Gasteiger partial charge is 0.417 e. The molecular formula is C26H39F3N4O6. The van der Waals surface area contributed by atoms with Crippen LogP contribution in [0.25, 0.3) is 0 Å². The zero-order chi connectivity index (χ0) is 29.8. The second kappa shape index (κ2) is 12.4. The number of aliphatic hydroxyl groups is 1. The quantitative estimate of drug-likeness (QED) is 0.442. The van der Waals surface area contributed by atoms with E-state index in [2.05, 4.69) is 0 Å². The molecule has 0 radical (unpaired) electrons. The van der Waals surface area contributed by atoms with Crippen molar-refractivity contribution < 1.29 is 42.1 Å². The molecule has 3 N–H and O–H groups in total. The largest absolute Gasteiger partial charge is 0.475 e. The molecule has 2 atom stereocenters. The first-order chi connectivity index (χ1) is 18.0. The molecule has 1 aliphatic heterocycles. The van der Waals surface area contributed by atoms with Gasteiger partial charge < -0.3 is 35.0 Å². The number of likely N-dealkylation sites (N-methyl/N-ethyl adjacent to an activating group) is 2. The van der Waals surface area contributed by atoms with Crippen LogP contribution in [0.4, 0.5) is 23.7 Å². The Labute approximate surface area is 226 Å². The van der Waals surface area contributed by atoms with E-state index in [-0.39, 0.29) is 31.1 Å². The minimum Gasteiger partial charge on any atom is -0.475 e. The number of alkyl halides is 3. The SMILES string of the molecule is CN(CCN)c1cc(C(=O)N(C)[C@@H]2CCCN(C(=O)OC(C)(C)C)C2)c(C(F)(F)F)cc1OC(C)(C=O)CO. The van der Waals surface area contributed by atoms with Gasteiger partial charge in [0.25, 0.3) is 5.91 Å². The lowest BCUT2D eigenvalue weighted by Gasteiger charge is -2.38. The maximum absolute atomic E-state index is 14.2. The molecule has 0 aromatic heterocycles. The second-order valence-electron chi connectivity index (χ2n) is 10.9. The van der Waals surface area contributed by atoms with Gasteiger partial charge in [0.2, 0.25) is 0 Å². The lowest BCUT2D eigenvalue weighted by atomic mass is 10.00. The summed E-state index contributed by atoms with van der Waals surface area (Å²) in [5.74, 6) is -1.23. The highest BCUT2D eigenvalue weighted by atomic mass is 19.4. The minimum atomic E-state index is -4.94. The molecule has 2 amide bonds. The van der Waals surface area contributed by atoms with Gasteiger partial charge in [0.15, 0.2) is 11.9 Å². The molecule has 1 saturated heterocycles. The van der Waals surface area contributed by atoms with Crippen molar-refractivity contribution in [1.82, 2.24) is 9.80 Å². The summed E-state index contributed by atoms with van der Waals surface area (Å²) in [6.45, 7) is 6.49. The Kier molecular flexibility index (Phi) is 10.2. The molecule has 220 valence electrons. The molecule has 1 unspecified atom stereocenters. The summed E-state index contributed by atoms with van der Waals surface area (Å²) in [5, 5.41) is 9.58. The van der Waals surface area contributed by atoms with Crippen LogP contribution in [-0.2, 0) is 15.7 Å². The number of nitrogens with two attached hydrogens (primary N) is 1. The number of amides is 2. The van der Waals surface area contributed by atoms with E-state index in [4.69, 9.17) is 15.2 Å². The summed E-state index contributed by atoms with van der Waals surface area (Å²) >= 11 is 0. The second-order valence-corrected chi connectivity index (χ2v) is 10.9. The number of aliphatic hydroxyl groups excluding tert-OH is 1. The molecule has 0 saturated carbocycles. The number of carbonyl (C=O) groups is 3. The predicted octanol–water partition coefficient (Wildman–Crippen LogP) is 2.90. The van der Waals surface area contributed by atoms with E-state index >= 15 is 0 Å². The fraction of sp³-hybridized carbons (Fsp3) is 0.654. The number of halogens is 3. The Hall–Kier alpha value is -3.06. The van der Waals surface area contributed by atoms with E-state index in [0.717, 1.165) is 6.07 Å². The van der Waals surface area contributed by atoms with Crippen LogP contribution in [0, 0.1) is 0 Å². The monoisotopic (exact) mass is 560 g/mol. The van der Waals surface area contributed by atoms with Gasteiger partial charge in [-0.25, -0.2) is 4.79 Å². The molecule has 1 aromatic carbocycles. The van der Waals surface area contributed by atoms with Crippen LogP contribution in [0.5, 0.6) is 5.75 Å². The standard InChI is InChI=1S/C26H39F3N4O6/c1-24(2,3)39-23(37)33-10-7-8-17(14-33)32(6)22(36)18-12-20(31(5)11-9-30)21(13-19(18)26(27,28)29)38-25(4,15-34)16-35/h12-13,15,17,35H,7-11,14,16,30H2,1-6H3/t17-,25?/m1/s1. The van der Waals surface area contributed by atoms with Crippen molar-refractivity contribution in [2.24, 2.45) is 5.73 Å². The molecule has 1 aliphatic rings. The van der Waals surface area contributed by atoms with Gasteiger partial charge in [-0.15, -0.1) is 0 Å². The molecule has 1 heterocycles. The van der Waals surface area contributed by atoms with Crippen molar-refractivity contribution >= 4 is 24.0 Å². The Balaban J connectivity index is 2.52. The van der Waals surface area contributed by atoms with Gasteiger partial charge in [0.1, 0.15) is 11.4 Å². The Morgan fingerprint density at radius 1 is 1.21 bits per heavy atom. The first-order valence-corrected chi connectivity index (χ1v) is 12.6. The van der Waals surface area contributed by atoms with Gasteiger partial charge in [-0.05, 0) is 52.7 Å². The molecule has 39 heavy (non-hydrogen) atoms. The fourth-order valence-corrected chi connectivity index (χ4v) is 4.14. The highest BCUT2D eigenvalue weighted by Crippen LogP contribution is 2.41. The van der Waals surface area contributed by atoms with Crippen molar-refractivity contribution in [2.45, 2.75) is 64.0 Å². The molecule has 2 rings (SSSR count). The normalized spacial score (nSPS) is 17.7. The van der Waals surface area contributed by atoms with Crippen molar-refractivity contribution in [3.8, 4) is 5.75 Å². The summed E-state index contributed by atoms with van der Waals surface area (Å²) in [7, 11) is 2.95. The Morgan fingerprint density at radius 3 is 2.36 bits per heavy atom. The molecular weight excluding hydrogens is 521 g/mol. The maximum atomic E-state index is 14.2. The van der Waals surface area contributed by atoms with Crippen molar-refractivity contribution in [3.63, 3.8) is 0 Å². The van der Waals surface area contributed by atoms with Crippen LogP contribution in [0.2, 0.25) is 0 Å². The summed E-state index contributed by atoms with van der Waals surface area (Å²) in [4.78, 5) is 41.8. The topological polar surface area (TPSA) is 126 Å². The fourth-order valence-electron chi connectivity index (χ4n) is 4.14. The third kappa shape index (κ3) is 8.21. The summed E-state index contributed by atoms with van der Waals surface area (Å²) in [6.07, 6.45) is -4.19. The number of benzene rings is 1. The average molecular weight is 561 g/mol. The Bertz CT molecular complexity index is 1050. The first-order valence-electron chi connectivity index (χ1n) is 12.6. The van der Waals surface area contributed by atoms with Crippen LogP contribution in [0.15, 0.2) is 12.1 Å². The van der Waals surface area contributed by atoms with Crippen LogP contribution in [0.3, 0.4) is 0 Å². The number of anilines is 1. The van der Waals surface area contributed by atoms with E-state index in [1.807, 2.05) is 0 Å². The van der Waals surface area contributed by atoms with Crippen LogP contribution in [-0.4, -0.2) is 97.3 Å². The van der Waals surface area contributed by atoms with E-state index < -0.39 is 53.2 Å².